The van der Waals surface area contributed by atoms with Crippen molar-refractivity contribution in [3.05, 3.63) is 95.2 Å². The molecule has 3 amide bonds. The van der Waals surface area contributed by atoms with Gasteiger partial charge in [-0.2, -0.15) is 0 Å². The Bertz CT molecular complexity index is 1710. The molecule has 200 valence electrons. The number of piperazine rings is 1. The third kappa shape index (κ3) is 3.80. The molecule has 3 N–H and O–H groups in total. The molecule has 3 aliphatic rings. The van der Waals surface area contributed by atoms with Crippen molar-refractivity contribution in [1.29, 1.82) is 0 Å². The highest BCUT2D eigenvalue weighted by Gasteiger charge is 2.48. The van der Waals surface area contributed by atoms with Gasteiger partial charge in [0.05, 0.1) is 6.04 Å². The number of ether oxygens (including phenoxy) is 2. The number of carbonyl (C=O) groups is 3. The number of hydrogen-bond donors (Lipinski definition) is 3. The number of fused-ring (bicyclic) bond motifs is 5. The lowest BCUT2D eigenvalue weighted by Crippen LogP contribution is -2.63. The van der Waals surface area contributed by atoms with E-state index < -0.39 is 18.0 Å². The molecule has 0 spiro atoms. The van der Waals surface area contributed by atoms with Gasteiger partial charge < -0.3 is 24.3 Å². The van der Waals surface area contributed by atoms with Crippen LogP contribution in [-0.2, 0) is 20.8 Å². The molecule has 10 heteroatoms. The second-order valence-electron chi connectivity index (χ2n) is 9.92. The van der Waals surface area contributed by atoms with E-state index in [1.807, 2.05) is 42.5 Å². The average Bonchev–Trinajstić information content (AvgIpc) is 3.61. The minimum Gasteiger partial charge on any atom is -0.454 e. The summed E-state index contributed by atoms with van der Waals surface area (Å²) in [5.41, 5.74) is 6.54. The molecule has 0 bridgehead atoms. The molecule has 7 rings (SSSR count). The zero-order chi connectivity index (χ0) is 27.4. The lowest BCUT2D eigenvalue weighted by Gasteiger charge is -2.47. The average molecular weight is 537 g/mol. The van der Waals surface area contributed by atoms with E-state index in [-0.39, 0.29) is 25.2 Å². The predicted octanol–water partition coefficient (Wildman–Crippen LogP) is 3.30. The number of nitrogens with one attached hydrogen (secondary N) is 2. The number of H-pyrrole nitrogens is 1. The van der Waals surface area contributed by atoms with Crippen LogP contribution in [0.15, 0.2) is 72.8 Å². The number of amides is 3. The number of anilines is 1. The molecule has 2 atom stereocenters. The van der Waals surface area contributed by atoms with E-state index in [0.717, 1.165) is 27.7 Å². The molecule has 4 aromatic rings. The zero-order valence-corrected chi connectivity index (χ0v) is 21.2. The zero-order valence-electron chi connectivity index (χ0n) is 21.2. The van der Waals surface area contributed by atoms with Crippen molar-refractivity contribution in [2.45, 2.75) is 18.5 Å². The Morgan fingerprint density at radius 3 is 2.65 bits per heavy atom. The standard InChI is InChI=1S/C30H24N4O6/c35-26(32-38)12-7-17-5-9-19(10-6-17)33-15-27(36)34-23(30(33)37)14-21-20-3-1-2-4-22(20)31-28(21)29(34)18-8-11-24-25(13-18)40-16-39-24/h1-13,23,29,31,38H,14-16H2,(H,32,35)/b12-7+. The molecule has 0 saturated carbocycles. The van der Waals surface area contributed by atoms with Crippen LogP contribution in [0.4, 0.5) is 5.69 Å². The van der Waals surface area contributed by atoms with Gasteiger partial charge in [0.25, 0.3) is 11.8 Å². The van der Waals surface area contributed by atoms with Crippen LogP contribution in [0, 0.1) is 0 Å². The largest absolute Gasteiger partial charge is 0.454 e. The van der Waals surface area contributed by atoms with Crippen molar-refractivity contribution in [3.63, 3.8) is 0 Å². The van der Waals surface area contributed by atoms with Crippen LogP contribution in [0.3, 0.4) is 0 Å². The van der Waals surface area contributed by atoms with Crippen molar-refractivity contribution >= 4 is 40.4 Å². The highest BCUT2D eigenvalue weighted by Crippen LogP contribution is 2.45. The Hall–Kier alpha value is -5.09. The fourth-order valence-electron chi connectivity index (χ4n) is 5.89. The molecule has 1 aromatic heterocycles. The minimum atomic E-state index is -0.698. The third-order valence-corrected chi connectivity index (χ3v) is 7.72. The lowest BCUT2D eigenvalue weighted by molar-refractivity contribution is -0.145. The Morgan fingerprint density at radius 2 is 1.82 bits per heavy atom. The first-order valence-electron chi connectivity index (χ1n) is 12.9. The Kier molecular flexibility index (Phi) is 5.56. The van der Waals surface area contributed by atoms with E-state index in [2.05, 4.69) is 4.98 Å². The molecule has 3 aromatic carbocycles. The van der Waals surface area contributed by atoms with Crippen LogP contribution in [0.25, 0.3) is 17.0 Å². The Labute approximate surface area is 228 Å². The summed E-state index contributed by atoms with van der Waals surface area (Å²) in [5, 5.41) is 9.70. The van der Waals surface area contributed by atoms with Gasteiger partial charge in [0.1, 0.15) is 12.6 Å². The summed E-state index contributed by atoms with van der Waals surface area (Å²) in [4.78, 5) is 46.0. The molecule has 0 aliphatic carbocycles. The molecular weight excluding hydrogens is 512 g/mol. The number of rotatable bonds is 4. The fourth-order valence-corrected chi connectivity index (χ4v) is 5.89. The minimum absolute atomic E-state index is 0.103. The summed E-state index contributed by atoms with van der Waals surface area (Å²) in [5.74, 6) is 0.284. The number of nitrogens with zero attached hydrogens (tertiary/aromatic N) is 2. The maximum Gasteiger partial charge on any atom is 0.267 e. The van der Waals surface area contributed by atoms with Crippen molar-refractivity contribution in [2.75, 3.05) is 18.2 Å². The van der Waals surface area contributed by atoms with Gasteiger partial charge in [0, 0.05) is 34.8 Å². The van der Waals surface area contributed by atoms with Crippen LogP contribution in [0.5, 0.6) is 11.5 Å². The molecule has 4 heterocycles. The number of benzene rings is 3. The van der Waals surface area contributed by atoms with Gasteiger partial charge >= 0.3 is 0 Å². The van der Waals surface area contributed by atoms with E-state index in [1.165, 1.54) is 17.1 Å². The van der Waals surface area contributed by atoms with Crippen molar-refractivity contribution in [1.82, 2.24) is 15.4 Å². The number of hydrogen-bond acceptors (Lipinski definition) is 6. The second kappa shape index (κ2) is 9.28. The number of para-hydroxylation sites is 1. The normalized spacial score (nSPS) is 19.7. The van der Waals surface area contributed by atoms with Crippen molar-refractivity contribution < 1.29 is 29.1 Å². The summed E-state index contributed by atoms with van der Waals surface area (Å²) in [6.07, 6.45) is 3.12. The first-order chi connectivity index (χ1) is 19.5. The fraction of sp³-hybridized carbons (Fsp3) is 0.167. The summed E-state index contributed by atoms with van der Waals surface area (Å²) in [7, 11) is 0. The van der Waals surface area contributed by atoms with Crippen molar-refractivity contribution in [2.24, 2.45) is 0 Å². The number of carbonyl (C=O) groups excluding carboxylic acids is 3. The summed E-state index contributed by atoms with van der Waals surface area (Å²) in [6.45, 7) is 0.0388. The van der Waals surface area contributed by atoms with E-state index in [9.17, 15) is 14.4 Å². The molecule has 1 fully saturated rings. The maximum atomic E-state index is 14.1. The van der Waals surface area contributed by atoms with Crippen LogP contribution in [-0.4, -0.2) is 52.2 Å². The van der Waals surface area contributed by atoms with Gasteiger partial charge in [-0.15, -0.1) is 0 Å². The Morgan fingerprint density at radius 1 is 1.02 bits per heavy atom. The van der Waals surface area contributed by atoms with Gasteiger partial charge in [-0.25, -0.2) is 5.48 Å². The summed E-state index contributed by atoms with van der Waals surface area (Å²) < 4.78 is 11.1. The van der Waals surface area contributed by atoms with E-state index in [1.54, 1.807) is 34.6 Å². The van der Waals surface area contributed by atoms with Crippen LogP contribution >= 0.6 is 0 Å². The van der Waals surface area contributed by atoms with E-state index in [0.29, 0.717) is 29.2 Å². The second-order valence-corrected chi connectivity index (χ2v) is 9.92. The van der Waals surface area contributed by atoms with Gasteiger partial charge in [-0.05, 0) is 53.1 Å². The maximum absolute atomic E-state index is 14.1. The van der Waals surface area contributed by atoms with E-state index in [4.69, 9.17) is 14.7 Å². The van der Waals surface area contributed by atoms with Crippen LogP contribution in [0.1, 0.15) is 28.4 Å². The monoisotopic (exact) mass is 536 g/mol. The molecule has 3 aliphatic heterocycles. The molecule has 10 nitrogen and oxygen atoms in total. The lowest BCUT2D eigenvalue weighted by atomic mass is 9.86. The molecule has 1 saturated heterocycles. The summed E-state index contributed by atoms with van der Waals surface area (Å²) in [6, 6.07) is 19.4. The topological polar surface area (TPSA) is 124 Å². The number of aromatic nitrogens is 1. The highest BCUT2D eigenvalue weighted by molar-refractivity contribution is 6.08. The van der Waals surface area contributed by atoms with Gasteiger partial charge in [-0.3, -0.25) is 19.6 Å². The van der Waals surface area contributed by atoms with Crippen molar-refractivity contribution in [3.8, 4) is 11.5 Å². The molecular formula is C30H24N4O6. The molecule has 40 heavy (non-hydrogen) atoms. The van der Waals surface area contributed by atoms with Crippen LogP contribution < -0.4 is 19.9 Å². The van der Waals surface area contributed by atoms with Gasteiger partial charge in [0.2, 0.25) is 12.7 Å². The number of aromatic amines is 1. The van der Waals surface area contributed by atoms with Gasteiger partial charge in [0.15, 0.2) is 11.5 Å². The number of hydroxylamine groups is 1. The summed E-state index contributed by atoms with van der Waals surface area (Å²) >= 11 is 0. The smallest absolute Gasteiger partial charge is 0.267 e. The predicted molar refractivity (Wildman–Crippen MR) is 145 cm³/mol. The third-order valence-electron chi connectivity index (χ3n) is 7.72. The van der Waals surface area contributed by atoms with Crippen LogP contribution in [0.2, 0.25) is 0 Å². The first kappa shape index (κ1) is 24.0. The highest BCUT2D eigenvalue weighted by atomic mass is 16.7. The van der Waals surface area contributed by atoms with E-state index >= 15 is 0 Å². The van der Waals surface area contributed by atoms with Gasteiger partial charge in [-0.1, -0.05) is 36.4 Å². The quantitative estimate of drug-likeness (QED) is 0.209. The Balaban J connectivity index is 1.28. The SMILES string of the molecule is O=C(/C=C/c1ccc(N2CC(=O)N3C(Cc4c([nH]c5ccccc45)C3c3ccc4c(c3)OCO4)C2=O)cc1)NO. The molecule has 0 radical (unpaired) electrons. The first-order valence-corrected chi connectivity index (χ1v) is 12.9. The molecule has 2 unspecified atom stereocenters.